The molecule has 7 heteroatoms. The Morgan fingerprint density at radius 3 is 2.70 bits per heavy atom. The number of rotatable bonds is 6. The summed E-state index contributed by atoms with van der Waals surface area (Å²) in [5, 5.41) is 9.60. The van der Waals surface area contributed by atoms with Gasteiger partial charge in [-0.15, -0.1) is 21.5 Å². The fourth-order valence-corrected chi connectivity index (χ4v) is 5.84. The predicted molar refractivity (Wildman–Crippen MR) is 110 cm³/mol. The number of thiophene rings is 1. The Hall–Kier alpha value is -1.60. The van der Waals surface area contributed by atoms with Crippen molar-refractivity contribution in [3.63, 3.8) is 0 Å². The minimum Gasteiger partial charge on any atom is -0.419 e. The van der Waals surface area contributed by atoms with Gasteiger partial charge in [0.15, 0.2) is 5.16 Å². The van der Waals surface area contributed by atoms with Crippen molar-refractivity contribution in [2.24, 2.45) is 0 Å². The predicted octanol–water partition coefficient (Wildman–Crippen LogP) is 5.89. The average molecular weight is 403 g/mol. The van der Waals surface area contributed by atoms with Gasteiger partial charge in [-0.2, -0.15) is 0 Å². The first-order valence-corrected chi connectivity index (χ1v) is 11.5. The van der Waals surface area contributed by atoms with Crippen LogP contribution in [0.15, 0.2) is 15.6 Å². The smallest absolute Gasteiger partial charge is 0.257 e. The second-order valence-corrected chi connectivity index (χ2v) is 9.31. The molecule has 144 valence electrons. The van der Waals surface area contributed by atoms with Gasteiger partial charge in [-0.05, 0) is 51.7 Å². The second kappa shape index (κ2) is 7.80. The van der Waals surface area contributed by atoms with E-state index >= 15 is 0 Å². The molecular weight excluding hydrogens is 376 g/mol. The molecule has 0 radical (unpaired) electrons. The summed E-state index contributed by atoms with van der Waals surface area (Å²) < 4.78 is 8.37. The molecular formula is C20H26N4OS2. The molecule has 0 saturated heterocycles. The van der Waals surface area contributed by atoms with Gasteiger partial charge in [0, 0.05) is 16.6 Å². The zero-order valence-corrected chi connectivity index (χ0v) is 18.0. The van der Waals surface area contributed by atoms with Gasteiger partial charge in [-0.25, -0.2) is 4.98 Å². The monoisotopic (exact) mass is 402 g/mol. The van der Waals surface area contributed by atoms with Crippen molar-refractivity contribution < 1.29 is 4.42 Å². The maximum Gasteiger partial charge on any atom is 0.257 e. The Morgan fingerprint density at radius 1 is 1.22 bits per heavy atom. The van der Waals surface area contributed by atoms with Gasteiger partial charge in [-0.3, -0.25) is 0 Å². The number of aryl methyl sites for hydroxylation is 3. The highest BCUT2D eigenvalue weighted by atomic mass is 32.2. The average Bonchev–Trinajstić information content (AvgIpc) is 3.42. The van der Waals surface area contributed by atoms with Crippen molar-refractivity contribution in [3.05, 3.63) is 33.8 Å². The van der Waals surface area contributed by atoms with Crippen LogP contribution in [0.25, 0.3) is 10.8 Å². The van der Waals surface area contributed by atoms with Crippen LogP contribution in [0.3, 0.4) is 0 Å². The third-order valence-corrected chi connectivity index (χ3v) is 7.70. The van der Waals surface area contributed by atoms with Crippen LogP contribution in [0.1, 0.15) is 66.4 Å². The molecule has 1 aliphatic rings. The normalized spacial score (nSPS) is 15.1. The molecule has 0 unspecified atom stereocenters. The van der Waals surface area contributed by atoms with E-state index in [1.807, 2.05) is 0 Å². The van der Waals surface area contributed by atoms with Crippen LogP contribution in [0.2, 0.25) is 0 Å². The van der Waals surface area contributed by atoms with Gasteiger partial charge in [0.1, 0.15) is 0 Å². The van der Waals surface area contributed by atoms with E-state index in [9.17, 15) is 0 Å². The minimum atomic E-state index is 0.591. The molecule has 5 nitrogen and oxygen atoms in total. The summed E-state index contributed by atoms with van der Waals surface area (Å²) in [4.78, 5) is 7.24. The van der Waals surface area contributed by atoms with Gasteiger partial charge < -0.3 is 8.98 Å². The highest BCUT2D eigenvalue weighted by molar-refractivity contribution is 7.98. The van der Waals surface area contributed by atoms with Gasteiger partial charge in [0.25, 0.3) is 5.89 Å². The van der Waals surface area contributed by atoms with E-state index in [2.05, 4.69) is 48.5 Å². The zero-order chi connectivity index (χ0) is 19.0. The van der Waals surface area contributed by atoms with E-state index in [1.165, 1.54) is 41.8 Å². The van der Waals surface area contributed by atoms with E-state index in [1.54, 1.807) is 23.1 Å². The SMILES string of the molecule is CCc1sc(-c2nnc(CSc3nc(C)c(C)n3C3CCCC3)o2)cc1C. The summed E-state index contributed by atoms with van der Waals surface area (Å²) in [6.45, 7) is 8.59. The molecule has 0 aromatic carbocycles. The summed E-state index contributed by atoms with van der Waals surface area (Å²) >= 11 is 3.45. The summed E-state index contributed by atoms with van der Waals surface area (Å²) in [6, 6.07) is 2.74. The molecule has 3 aromatic rings. The van der Waals surface area contributed by atoms with Gasteiger partial charge >= 0.3 is 0 Å². The minimum absolute atomic E-state index is 0.591. The maximum absolute atomic E-state index is 5.94. The highest BCUT2D eigenvalue weighted by Crippen LogP contribution is 2.36. The molecule has 3 aromatic heterocycles. The van der Waals surface area contributed by atoms with Crippen LogP contribution in [0.5, 0.6) is 0 Å². The van der Waals surface area contributed by atoms with Crippen LogP contribution in [-0.2, 0) is 12.2 Å². The van der Waals surface area contributed by atoms with E-state index in [0.717, 1.165) is 22.1 Å². The first kappa shape index (κ1) is 18.7. The summed E-state index contributed by atoms with van der Waals surface area (Å²) in [5.74, 6) is 1.95. The largest absolute Gasteiger partial charge is 0.419 e. The van der Waals surface area contributed by atoms with Gasteiger partial charge in [0.2, 0.25) is 5.89 Å². The van der Waals surface area contributed by atoms with Crippen LogP contribution < -0.4 is 0 Å². The third-order valence-electron chi connectivity index (χ3n) is 5.39. The van der Waals surface area contributed by atoms with E-state index in [0.29, 0.717) is 23.6 Å². The van der Waals surface area contributed by atoms with E-state index in [-0.39, 0.29) is 0 Å². The second-order valence-electron chi connectivity index (χ2n) is 7.23. The van der Waals surface area contributed by atoms with Crippen molar-refractivity contribution in [1.29, 1.82) is 0 Å². The molecule has 27 heavy (non-hydrogen) atoms. The third kappa shape index (κ3) is 3.72. The molecule has 0 amide bonds. The fraction of sp³-hybridized carbons (Fsp3) is 0.550. The molecule has 1 aliphatic carbocycles. The lowest BCUT2D eigenvalue weighted by Gasteiger charge is -2.16. The summed E-state index contributed by atoms with van der Waals surface area (Å²) in [7, 11) is 0. The molecule has 0 spiro atoms. The number of aromatic nitrogens is 4. The van der Waals surface area contributed by atoms with E-state index < -0.39 is 0 Å². The number of thioether (sulfide) groups is 1. The lowest BCUT2D eigenvalue weighted by atomic mass is 10.2. The van der Waals surface area contributed by atoms with Crippen LogP contribution in [0, 0.1) is 20.8 Å². The summed E-state index contributed by atoms with van der Waals surface area (Å²) in [5.41, 5.74) is 3.71. The Labute approximate surface area is 168 Å². The van der Waals surface area contributed by atoms with Crippen molar-refractivity contribution in [2.45, 2.75) is 76.8 Å². The quantitative estimate of drug-likeness (QED) is 0.481. The number of hydrogen-bond acceptors (Lipinski definition) is 6. The Balaban J connectivity index is 1.50. The molecule has 0 atom stereocenters. The first-order chi connectivity index (χ1) is 13.1. The Bertz CT molecular complexity index is 934. The van der Waals surface area contributed by atoms with E-state index in [4.69, 9.17) is 9.40 Å². The molecule has 4 rings (SSSR count). The molecule has 0 bridgehead atoms. The van der Waals surface area contributed by atoms with Gasteiger partial charge in [0.05, 0.1) is 16.3 Å². The molecule has 0 N–H and O–H groups in total. The lowest BCUT2D eigenvalue weighted by Crippen LogP contribution is -2.08. The van der Waals surface area contributed by atoms with Crippen molar-refractivity contribution in [2.75, 3.05) is 0 Å². The summed E-state index contributed by atoms with van der Waals surface area (Å²) in [6.07, 6.45) is 6.19. The van der Waals surface area contributed by atoms with Crippen LogP contribution in [0.4, 0.5) is 0 Å². The van der Waals surface area contributed by atoms with Crippen LogP contribution in [-0.4, -0.2) is 19.7 Å². The van der Waals surface area contributed by atoms with Gasteiger partial charge in [-0.1, -0.05) is 31.5 Å². The Morgan fingerprint density at radius 2 is 2.00 bits per heavy atom. The Kier molecular flexibility index (Phi) is 5.41. The number of nitrogens with zero attached hydrogens (tertiary/aromatic N) is 4. The van der Waals surface area contributed by atoms with Crippen molar-refractivity contribution >= 4 is 23.1 Å². The molecule has 1 saturated carbocycles. The number of imidazole rings is 1. The fourth-order valence-electron chi connectivity index (χ4n) is 3.80. The maximum atomic E-state index is 5.94. The number of hydrogen-bond donors (Lipinski definition) is 0. The molecule has 0 aliphatic heterocycles. The standard InChI is InChI=1S/C20H26N4OS2/c1-5-16-12(2)10-17(27-16)19-23-22-18(25-19)11-26-20-21-13(3)14(4)24(20)15-8-6-7-9-15/h10,15H,5-9,11H2,1-4H3. The lowest BCUT2D eigenvalue weighted by molar-refractivity contribution is 0.470. The zero-order valence-electron chi connectivity index (χ0n) is 16.4. The topological polar surface area (TPSA) is 56.7 Å². The van der Waals surface area contributed by atoms with Crippen LogP contribution >= 0.6 is 23.1 Å². The van der Waals surface area contributed by atoms with Crippen molar-refractivity contribution in [1.82, 2.24) is 19.7 Å². The first-order valence-electron chi connectivity index (χ1n) is 9.67. The molecule has 1 fully saturated rings. The molecule has 3 heterocycles. The highest BCUT2D eigenvalue weighted by Gasteiger charge is 2.23. The van der Waals surface area contributed by atoms with Crippen molar-refractivity contribution in [3.8, 4) is 10.8 Å².